The number of carbonyl (C=O) groups is 2. The third-order valence-electron chi connectivity index (χ3n) is 5.73. The second kappa shape index (κ2) is 14.7. The molecule has 14 heteroatoms. The summed E-state index contributed by atoms with van der Waals surface area (Å²) in [5.41, 5.74) is 5.57. The minimum atomic E-state index is -3.69. The van der Waals surface area contributed by atoms with Gasteiger partial charge in [-0.1, -0.05) is 26.2 Å². The largest absolute Gasteiger partial charge is 0.464 e. The number of nitrogens with zero attached hydrogens (tertiary/aromatic N) is 4. The SMILES string of the molecule is CCCCCCOC(=O)C(C)(C)NP(=O)(COC(C)Cn1cnc2c(N)ncnc21)NC(C)C(=O)OC(C)C. The molecule has 0 aromatic carbocycles. The summed E-state index contributed by atoms with van der Waals surface area (Å²) >= 11 is 0. The van der Waals surface area contributed by atoms with E-state index in [0.29, 0.717) is 17.7 Å². The molecule has 220 valence electrons. The van der Waals surface area contributed by atoms with Crippen molar-refractivity contribution in [2.45, 2.75) is 104 Å². The maximum absolute atomic E-state index is 14.1. The molecule has 2 heterocycles. The zero-order chi connectivity index (χ0) is 29.2. The minimum Gasteiger partial charge on any atom is -0.464 e. The third-order valence-corrected chi connectivity index (χ3v) is 7.97. The normalized spacial score (nSPS) is 15.2. The Bertz CT molecular complexity index is 1140. The molecular formula is C25H44N7O6P. The average molecular weight is 570 g/mol. The van der Waals surface area contributed by atoms with E-state index in [1.807, 2.05) is 0 Å². The quantitative estimate of drug-likeness (QED) is 0.144. The zero-order valence-electron chi connectivity index (χ0n) is 24.1. The molecule has 0 amide bonds. The molecule has 4 N–H and O–H groups in total. The van der Waals surface area contributed by atoms with Gasteiger partial charge in [-0.15, -0.1) is 0 Å². The monoisotopic (exact) mass is 569 g/mol. The van der Waals surface area contributed by atoms with Crippen LogP contribution < -0.4 is 15.9 Å². The molecule has 0 aliphatic carbocycles. The van der Waals surface area contributed by atoms with E-state index in [9.17, 15) is 14.2 Å². The van der Waals surface area contributed by atoms with E-state index >= 15 is 0 Å². The Hall–Kier alpha value is -2.60. The fourth-order valence-electron chi connectivity index (χ4n) is 3.77. The van der Waals surface area contributed by atoms with E-state index in [1.165, 1.54) is 6.33 Å². The first-order valence-electron chi connectivity index (χ1n) is 13.3. The molecule has 39 heavy (non-hydrogen) atoms. The average Bonchev–Trinajstić information content (AvgIpc) is 3.25. The Balaban J connectivity index is 2.12. The lowest BCUT2D eigenvalue weighted by Crippen LogP contribution is -2.50. The van der Waals surface area contributed by atoms with Gasteiger partial charge < -0.3 is 24.5 Å². The second-order valence-corrected chi connectivity index (χ2v) is 12.7. The molecule has 0 fully saturated rings. The van der Waals surface area contributed by atoms with Crippen LogP contribution in [0.4, 0.5) is 5.82 Å². The zero-order valence-corrected chi connectivity index (χ0v) is 25.0. The number of imidazole rings is 1. The van der Waals surface area contributed by atoms with Crippen molar-refractivity contribution in [1.82, 2.24) is 29.7 Å². The summed E-state index contributed by atoms with van der Waals surface area (Å²) < 4.78 is 32.5. The number of nitrogens with two attached hydrogens (primary N) is 1. The van der Waals surface area contributed by atoms with Gasteiger partial charge in [-0.3, -0.25) is 14.2 Å². The number of aromatic nitrogens is 4. The van der Waals surface area contributed by atoms with Gasteiger partial charge in [0.05, 0.1) is 31.7 Å². The van der Waals surface area contributed by atoms with Crippen molar-refractivity contribution < 1.29 is 28.4 Å². The van der Waals surface area contributed by atoms with Crippen molar-refractivity contribution in [3.63, 3.8) is 0 Å². The summed E-state index contributed by atoms with van der Waals surface area (Å²) in [5, 5.41) is 5.72. The summed E-state index contributed by atoms with van der Waals surface area (Å²) in [7, 11) is -3.69. The molecule has 0 saturated carbocycles. The van der Waals surface area contributed by atoms with Crippen molar-refractivity contribution in [3.05, 3.63) is 12.7 Å². The van der Waals surface area contributed by atoms with Crippen LogP contribution >= 0.6 is 7.44 Å². The highest BCUT2D eigenvalue weighted by molar-refractivity contribution is 7.59. The fourth-order valence-corrected chi connectivity index (χ4v) is 6.16. The molecule has 3 atom stereocenters. The number of anilines is 1. The number of hydrogen-bond acceptors (Lipinski definition) is 10. The molecule has 0 aliphatic heterocycles. The Morgan fingerprint density at radius 3 is 2.51 bits per heavy atom. The van der Waals surface area contributed by atoms with Gasteiger partial charge in [0.25, 0.3) is 0 Å². The minimum absolute atomic E-state index is 0.270. The number of unbranched alkanes of at least 4 members (excludes halogenated alkanes) is 3. The Morgan fingerprint density at radius 1 is 1.13 bits per heavy atom. The lowest BCUT2D eigenvalue weighted by molar-refractivity contribution is -0.149. The van der Waals surface area contributed by atoms with Crippen LogP contribution in [0.15, 0.2) is 12.7 Å². The molecule has 2 aromatic rings. The molecule has 0 radical (unpaired) electrons. The van der Waals surface area contributed by atoms with Gasteiger partial charge in [-0.25, -0.2) is 25.1 Å². The van der Waals surface area contributed by atoms with Gasteiger partial charge in [0.15, 0.2) is 11.5 Å². The van der Waals surface area contributed by atoms with Crippen molar-refractivity contribution in [1.29, 1.82) is 0 Å². The number of carbonyl (C=O) groups excluding carboxylic acids is 2. The molecule has 3 unspecified atom stereocenters. The number of ether oxygens (including phenoxy) is 3. The van der Waals surface area contributed by atoms with E-state index in [0.717, 1.165) is 25.7 Å². The van der Waals surface area contributed by atoms with Crippen LogP contribution in [0.5, 0.6) is 0 Å². The van der Waals surface area contributed by atoms with Crippen LogP contribution in [0.2, 0.25) is 0 Å². The number of esters is 2. The van der Waals surface area contributed by atoms with E-state index in [2.05, 4.69) is 32.1 Å². The number of rotatable bonds is 17. The van der Waals surface area contributed by atoms with E-state index in [-0.39, 0.29) is 24.9 Å². The first kappa shape index (κ1) is 32.6. The van der Waals surface area contributed by atoms with Crippen molar-refractivity contribution >= 4 is 36.4 Å². The predicted octanol–water partition coefficient (Wildman–Crippen LogP) is 3.39. The second-order valence-electron chi connectivity index (χ2n) is 10.4. The van der Waals surface area contributed by atoms with E-state index in [1.54, 1.807) is 52.4 Å². The number of nitrogens with one attached hydrogen (secondary N) is 2. The van der Waals surface area contributed by atoms with Crippen LogP contribution in [0.3, 0.4) is 0 Å². The fraction of sp³-hybridized carbons (Fsp3) is 0.720. The maximum Gasteiger partial charge on any atom is 0.326 e. The van der Waals surface area contributed by atoms with Gasteiger partial charge in [0.2, 0.25) is 7.44 Å². The molecule has 0 saturated heterocycles. The van der Waals surface area contributed by atoms with Gasteiger partial charge in [0, 0.05) is 0 Å². The van der Waals surface area contributed by atoms with Crippen molar-refractivity contribution in [3.8, 4) is 0 Å². The van der Waals surface area contributed by atoms with E-state index < -0.39 is 37.1 Å². The topological polar surface area (TPSA) is 173 Å². The Labute approximate surface area is 230 Å². The smallest absolute Gasteiger partial charge is 0.326 e. The highest BCUT2D eigenvalue weighted by Crippen LogP contribution is 2.40. The third kappa shape index (κ3) is 10.1. The maximum atomic E-state index is 14.1. The van der Waals surface area contributed by atoms with Crippen LogP contribution in [0, 0.1) is 0 Å². The molecule has 0 spiro atoms. The van der Waals surface area contributed by atoms with Crippen molar-refractivity contribution in [2.75, 3.05) is 18.7 Å². The lowest BCUT2D eigenvalue weighted by atomic mass is 10.1. The molecular weight excluding hydrogens is 525 g/mol. The molecule has 2 aromatic heterocycles. The Kier molecular flexibility index (Phi) is 12.3. The van der Waals surface area contributed by atoms with Gasteiger partial charge >= 0.3 is 11.9 Å². The summed E-state index contributed by atoms with van der Waals surface area (Å²) in [6.45, 7) is 12.7. The van der Waals surface area contributed by atoms with E-state index in [4.69, 9.17) is 19.9 Å². The van der Waals surface area contributed by atoms with Gasteiger partial charge in [-0.2, -0.15) is 0 Å². The summed E-state index contributed by atoms with van der Waals surface area (Å²) in [6, 6.07) is -0.928. The molecule has 0 bridgehead atoms. The molecule has 0 aliphatic rings. The summed E-state index contributed by atoms with van der Waals surface area (Å²) in [5.74, 6) is -0.848. The van der Waals surface area contributed by atoms with Crippen molar-refractivity contribution in [2.24, 2.45) is 0 Å². The van der Waals surface area contributed by atoms with Gasteiger partial charge in [0.1, 0.15) is 29.8 Å². The highest BCUT2D eigenvalue weighted by Gasteiger charge is 2.39. The van der Waals surface area contributed by atoms with Gasteiger partial charge in [-0.05, 0) is 48.0 Å². The molecule has 2 rings (SSSR count). The van der Waals surface area contributed by atoms with Crippen LogP contribution in [0.1, 0.15) is 74.1 Å². The highest BCUT2D eigenvalue weighted by atomic mass is 31.2. The summed E-state index contributed by atoms with van der Waals surface area (Å²) in [4.78, 5) is 37.7. The first-order chi connectivity index (χ1) is 18.3. The Morgan fingerprint density at radius 2 is 1.85 bits per heavy atom. The molecule has 13 nitrogen and oxygen atoms in total. The first-order valence-corrected chi connectivity index (χ1v) is 15.2. The van der Waals surface area contributed by atoms with Crippen LogP contribution in [0.25, 0.3) is 11.2 Å². The van der Waals surface area contributed by atoms with Crippen LogP contribution in [-0.2, 0) is 34.9 Å². The van der Waals surface area contributed by atoms with Crippen LogP contribution in [-0.4, -0.2) is 68.2 Å². The number of fused-ring (bicyclic) bond motifs is 1. The predicted molar refractivity (Wildman–Crippen MR) is 149 cm³/mol. The number of nitrogen functional groups attached to an aromatic ring is 1. The standard InChI is InChI=1S/C25H44N7O6P/c1-8-9-10-11-12-36-24(34)25(6,7)31-39(35,30-19(5)23(33)38-17(2)3)16-37-18(4)13-32-15-29-20-21(26)27-14-28-22(20)32/h14-15,17-19H,8-13,16H2,1-7H3,(H2,26,27,28)(H2,30,31,35). The lowest BCUT2D eigenvalue weighted by Gasteiger charge is -2.32. The number of hydrogen-bond donors (Lipinski definition) is 3. The summed E-state index contributed by atoms with van der Waals surface area (Å²) in [6.07, 6.45) is 5.69.